The molecule has 0 N–H and O–H groups in total. The first-order valence-electron chi connectivity index (χ1n) is 3.12. The van der Waals surface area contributed by atoms with E-state index in [-0.39, 0.29) is 32.7 Å². The molecule has 0 aliphatic rings. The molecule has 1 radical (unpaired) electrons. The first-order valence-corrected chi connectivity index (χ1v) is 3.12. The van der Waals surface area contributed by atoms with Gasteiger partial charge in [-0.25, -0.2) is 12.2 Å². The molecule has 9 heavy (non-hydrogen) atoms. The van der Waals surface area contributed by atoms with Gasteiger partial charge in [-0.3, -0.25) is 6.58 Å². The average Bonchev–Trinajstić information content (AvgIpc) is 1.81. The van der Waals surface area contributed by atoms with E-state index >= 15 is 0 Å². The van der Waals surface area contributed by atoms with Crippen LogP contribution in [-0.4, -0.2) is 0 Å². The smallest absolute Gasteiger partial charge is 0 e. The van der Waals surface area contributed by atoms with Crippen LogP contribution >= 0.6 is 0 Å². The van der Waals surface area contributed by atoms with Crippen molar-refractivity contribution >= 4 is 0 Å². The minimum Gasteiger partial charge on any atom is -0.293 e. The van der Waals surface area contributed by atoms with E-state index in [0.29, 0.717) is 0 Å². The summed E-state index contributed by atoms with van der Waals surface area (Å²) in [4.78, 5) is 0. The zero-order valence-electron chi connectivity index (χ0n) is 6.01. The van der Waals surface area contributed by atoms with Gasteiger partial charge in [-0.1, -0.05) is 26.2 Å². The summed E-state index contributed by atoms with van der Waals surface area (Å²) >= 11 is 0. The Kier molecular flexibility index (Phi) is 15.5. The Bertz CT molecular complexity index is 74.6. The van der Waals surface area contributed by atoms with Gasteiger partial charge in [0.05, 0.1) is 0 Å². The van der Waals surface area contributed by atoms with Crippen LogP contribution in [0.25, 0.3) is 0 Å². The number of hydrogen-bond acceptors (Lipinski definition) is 0. The Morgan fingerprint density at radius 2 is 2.11 bits per heavy atom. The maximum atomic E-state index is 5.10. The van der Waals surface area contributed by atoms with E-state index in [9.17, 15) is 0 Å². The van der Waals surface area contributed by atoms with Crippen molar-refractivity contribution in [2.75, 3.05) is 0 Å². The molecule has 0 nitrogen and oxygen atoms in total. The Labute approximate surface area is 83.3 Å². The SMILES string of the molecule is [CH-]=C/C=C/CCCC.[Y]. The molecule has 0 fully saturated rings. The quantitative estimate of drug-likeness (QED) is 0.370. The third kappa shape index (κ3) is 11.9. The van der Waals surface area contributed by atoms with E-state index in [1.54, 1.807) is 6.08 Å². The van der Waals surface area contributed by atoms with Crippen molar-refractivity contribution in [3.63, 3.8) is 0 Å². The van der Waals surface area contributed by atoms with Crippen molar-refractivity contribution in [2.45, 2.75) is 26.2 Å². The fourth-order valence-electron chi connectivity index (χ4n) is 0.497. The molecule has 0 aromatic heterocycles. The first kappa shape index (κ1) is 12.3. The van der Waals surface area contributed by atoms with Gasteiger partial charge in [0.25, 0.3) is 0 Å². The summed E-state index contributed by atoms with van der Waals surface area (Å²) in [6.45, 7) is 7.28. The summed E-state index contributed by atoms with van der Waals surface area (Å²) < 4.78 is 0. The molecule has 0 aliphatic carbocycles. The second kappa shape index (κ2) is 11.4. The number of rotatable bonds is 4. The van der Waals surface area contributed by atoms with E-state index in [1.807, 2.05) is 6.08 Å². The van der Waals surface area contributed by atoms with Gasteiger partial charge in [0.1, 0.15) is 0 Å². The molecule has 0 unspecified atom stereocenters. The van der Waals surface area contributed by atoms with Crippen molar-refractivity contribution < 1.29 is 32.7 Å². The van der Waals surface area contributed by atoms with Crippen molar-refractivity contribution in [1.82, 2.24) is 0 Å². The molecule has 0 spiro atoms. The van der Waals surface area contributed by atoms with Gasteiger partial charge in [-0.05, 0) is 0 Å². The van der Waals surface area contributed by atoms with Crippen molar-refractivity contribution in [1.29, 1.82) is 0 Å². The van der Waals surface area contributed by atoms with Gasteiger partial charge in [0, 0.05) is 32.7 Å². The van der Waals surface area contributed by atoms with Crippen LogP contribution in [0.4, 0.5) is 0 Å². The molecule has 0 aliphatic heterocycles. The second-order valence-electron chi connectivity index (χ2n) is 1.76. The summed E-state index contributed by atoms with van der Waals surface area (Å²) in [5, 5.41) is 0. The van der Waals surface area contributed by atoms with Crippen LogP contribution in [0.5, 0.6) is 0 Å². The summed E-state index contributed by atoms with van der Waals surface area (Å²) in [7, 11) is 0. The predicted molar refractivity (Wildman–Crippen MR) is 37.5 cm³/mol. The maximum absolute atomic E-state index is 5.10. The Morgan fingerprint density at radius 1 is 1.44 bits per heavy atom. The molecule has 0 saturated carbocycles. The largest absolute Gasteiger partial charge is 0.293 e. The molecular formula is C8H13Y-. The van der Waals surface area contributed by atoms with E-state index in [0.717, 1.165) is 6.42 Å². The molecular weight excluding hydrogens is 185 g/mol. The van der Waals surface area contributed by atoms with Gasteiger partial charge in [-0.2, -0.15) is 6.08 Å². The molecule has 49 valence electrons. The molecule has 0 atom stereocenters. The average molecular weight is 198 g/mol. The van der Waals surface area contributed by atoms with Crippen molar-refractivity contribution in [3.8, 4) is 0 Å². The first-order chi connectivity index (χ1) is 3.91. The van der Waals surface area contributed by atoms with Gasteiger partial charge in [-0.15, -0.1) is 0 Å². The Morgan fingerprint density at radius 3 is 2.56 bits per heavy atom. The van der Waals surface area contributed by atoms with Crippen LogP contribution in [-0.2, 0) is 32.7 Å². The van der Waals surface area contributed by atoms with E-state index in [1.165, 1.54) is 12.8 Å². The van der Waals surface area contributed by atoms with Gasteiger partial charge in [0.2, 0.25) is 0 Å². The molecule has 0 aromatic rings. The van der Waals surface area contributed by atoms with Crippen LogP contribution in [0.3, 0.4) is 0 Å². The normalized spacial score (nSPS) is 9.00. The van der Waals surface area contributed by atoms with Crippen LogP contribution in [0.15, 0.2) is 18.2 Å². The number of hydrogen-bond donors (Lipinski definition) is 0. The van der Waals surface area contributed by atoms with E-state index < -0.39 is 0 Å². The molecule has 0 heterocycles. The van der Waals surface area contributed by atoms with Crippen LogP contribution in [0.2, 0.25) is 0 Å². The minimum absolute atomic E-state index is 0. The molecule has 0 saturated heterocycles. The van der Waals surface area contributed by atoms with Gasteiger partial charge < -0.3 is 0 Å². The third-order valence-corrected chi connectivity index (χ3v) is 0.972. The summed E-state index contributed by atoms with van der Waals surface area (Å²) in [6, 6.07) is 0. The summed E-state index contributed by atoms with van der Waals surface area (Å²) in [5.41, 5.74) is 0. The third-order valence-electron chi connectivity index (χ3n) is 0.972. The van der Waals surface area contributed by atoms with Crippen molar-refractivity contribution in [3.05, 3.63) is 24.8 Å². The predicted octanol–water partition coefficient (Wildman–Crippen LogP) is 2.72. The zero-order chi connectivity index (χ0) is 6.24. The van der Waals surface area contributed by atoms with Gasteiger partial charge in [0.15, 0.2) is 0 Å². The van der Waals surface area contributed by atoms with Gasteiger partial charge >= 0.3 is 0 Å². The molecule has 0 aromatic carbocycles. The molecule has 0 rings (SSSR count). The van der Waals surface area contributed by atoms with Crippen molar-refractivity contribution in [2.24, 2.45) is 0 Å². The monoisotopic (exact) mass is 198 g/mol. The van der Waals surface area contributed by atoms with Crippen LogP contribution in [0, 0.1) is 6.58 Å². The second-order valence-corrected chi connectivity index (χ2v) is 1.76. The zero-order valence-corrected chi connectivity index (χ0v) is 8.85. The molecule has 0 bridgehead atoms. The van der Waals surface area contributed by atoms with Crippen LogP contribution < -0.4 is 0 Å². The fourth-order valence-corrected chi connectivity index (χ4v) is 0.497. The Hall–Kier alpha value is 0.584. The fraction of sp³-hybridized carbons (Fsp3) is 0.500. The molecule has 0 amide bonds. The minimum atomic E-state index is 0. The standard InChI is InChI=1S/C8H13.Y/c1-3-5-7-8-6-4-2;/h1,3,5,7H,4,6,8H2,2H3;/q-1;/b7-5+;. The van der Waals surface area contributed by atoms with E-state index in [2.05, 4.69) is 13.0 Å². The number of allylic oxidation sites excluding steroid dienone is 3. The summed E-state index contributed by atoms with van der Waals surface area (Å²) in [6.07, 6.45) is 9.22. The Balaban J connectivity index is 0. The number of unbranched alkanes of at least 4 members (excludes halogenated alkanes) is 2. The topological polar surface area (TPSA) is 0 Å². The van der Waals surface area contributed by atoms with Crippen LogP contribution in [0.1, 0.15) is 26.2 Å². The maximum Gasteiger partial charge on any atom is 0 e. The molecule has 1 heteroatoms. The summed E-state index contributed by atoms with van der Waals surface area (Å²) in [5.74, 6) is 0. The van der Waals surface area contributed by atoms with E-state index in [4.69, 9.17) is 6.58 Å².